The van der Waals surface area contributed by atoms with E-state index in [0.29, 0.717) is 27.6 Å². The number of nitrogens with one attached hydrogen (secondary N) is 1. The summed E-state index contributed by atoms with van der Waals surface area (Å²) in [6, 6.07) is 19.1. The molecule has 1 N–H and O–H groups in total. The van der Waals surface area contributed by atoms with Gasteiger partial charge in [0, 0.05) is 0 Å². The van der Waals surface area contributed by atoms with Crippen molar-refractivity contribution in [1.82, 2.24) is 5.43 Å². The zero-order chi connectivity index (χ0) is 22.2. The zero-order valence-corrected chi connectivity index (χ0v) is 17.8. The summed E-state index contributed by atoms with van der Waals surface area (Å²) in [4.78, 5) is 24.1. The molecule has 3 aromatic carbocycles. The Morgan fingerprint density at radius 2 is 1.77 bits per heavy atom. The maximum Gasteiger partial charge on any atom is 0.345 e. The quantitative estimate of drug-likeness (QED) is 0.252. The lowest BCUT2D eigenvalue weighted by Gasteiger charge is -2.08. The minimum atomic E-state index is -0.539. The van der Waals surface area contributed by atoms with E-state index in [1.54, 1.807) is 48.5 Å². The monoisotopic (exact) mass is 436 g/mol. The van der Waals surface area contributed by atoms with Crippen LogP contribution in [0, 0.1) is 13.8 Å². The second-order valence-corrected chi connectivity index (χ2v) is 7.20. The number of nitrogens with zero attached hydrogens (tertiary/aromatic N) is 1. The minimum absolute atomic E-state index is 0.141. The summed E-state index contributed by atoms with van der Waals surface area (Å²) in [7, 11) is 0. The average Bonchev–Trinajstić information content (AvgIpc) is 2.74. The van der Waals surface area contributed by atoms with Crippen molar-refractivity contribution in [2.24, 2.45) is 5.10 Å². The Morgan fingerprint density at radius 1 is 1.03 bits per heavy atom. The first-order valence-electron chi connectivity index (χ1n) is 9.51. The fraction of sp³-hybridized carbons (Fsp3) is 0.125. The molecule has 0 radical (unpaired) electrons. The predicted molar refractivity (Wildman–Crippen MR) is 120 cm³/mol. The van der Waals surface area contributed by atoms with E-state index >= 15 is 0 Å². The molecule has 0 aliphatic heterocycles. The summed E-state index contributed by atoms with van der Waals surface area (Å²) >= 11 is 6.00. The Hall–Kier alpha value is -3.64. The van der Waals surface area contributed by atoms with Crippen LogP contribution in [-0.2, 0) is 4.79 Å². The van der Waals surface area contributed by atoms with Crippen molar-refractivity contribution in [2.45, 2.75) is 13.8 Å². The van der Waals surface area contributed by atoms with Gasteiger partial charge in [-0.3, -0.25) is 4.79 Å². The Balaban J connectivity index is 1.48. The van der Waals surface area contributed by atoms with Gasteiger partial charge in [0.25, 0.3) is 5.91 Å². The van der Waals surface area contributed by atoms with Crippen LogP contribution in [0.2, 0.25) is 5.02 Å². The number of halogens is 1. The summed E-state index contributed by atoms with van der Waals surface area (Å²) in [5.74, 6) is 0.115. The highest BCUT2D eigenvalue weighted by Crippen LogP contribution is 2.19. The summed E-state index contributed by atoms with van der Waals surface area (Å²) in [6.45, 7) is 3.78. The van der Waals surface area contributed by atoms with E-state index in [1.807, 2.05) is 32.0 Å². The molecule has 0 heterocycles. The van der Waals surface area contributed by atoms with Crippen molar-refractivity contribution in [1.29, 1.82) is 0 Å². The molecule has 0 aliphatic rings. The van der Waals surface area contributed by atoms with E-state index < -0.39 is 5.97 Å². The number of hydrogen-bond donors (Lipinski definition) is 1. The third-order valence-electron chi connectivity index (χ3n) is 4.28. The summed E-state index contributed by atoms with van der Waals surface area (Å²) in [6.07, 6.45) is 1.48. The summed E-state index contributed by atoms with van der Waals surface area (Å²) in [5.41, 5.74) is 5.51. The van der Waals surface area contributed by atoms with Crippen LogP contribution in [0.25, 0.3) is 0 Å². The lowest BCUT2D eigenvalue weighted by molar-refractivity contribution is -0.123. The number of hydrogen-bond acceptors (Lipinski definition) is 5. The highest BCUT2D eigenvalue weighted by Gasteiger charge is 2.12. The topological polar surface area (TPSA) is 77.0 Å². The van der Waals surface area contributed by atoms with Gasteiger partial charge in [-0.1, -0.05) is 41.4 Å². The molecule has 0 atom stereocenters. The molecule has 0 spiro atoms. The average molecular weight is 437 g/mol. The maximum atomic E-state index is 12.2. The largest absolute Gasteiger partial charge is 0.483 e. The number of aryl methyl sites for hydroxylation is 2. The molecule has 3 rings (SSSR count). The number of esters is 1. The van der Waals surface area contributed by atoms with Crippen LogP contribution in [0.5, 0.6) is 11.5 Å². The van der Waals surface area contributed by atoms with Crippen molar-refractivity contribution < 1.29 is 19.1 Å². The highest BCUT2D eigenvalue weighted by atomic mass is 35.5. The van der Waals surface area contributed by atoms with Crippen molar-refractivity contribution in [3.05, 3.63) is 94.0 Å². The number of ether oxygens (including phenoxy) is 2. The van der Waals surface area contributed by atoms with Crippen LogP contribution in [0.1, 0.15) is 27.0 Å². The van der Waals surface area contributed by atoms with Gasteiger partial charge in [-0.2, -0.15) is 5.10 Å². The highest BCUT2D eigenvalue weighted by molar-refractivity contribution is 6.33. The molecule has 6 nitrogen and oxygen atoms in total. The molecule has 0 aromatic heterocycles. The van der Waals surface area contributed by atoms with Crippen LogP contribution in [0.15, 0.2) is 71.8 Å². The molecule has 0 unspecified atom stereocenters. The Kier molecular flexibility index (Phi) is 7.40. The summed E-state index contributed by atoms with van der Waals surface area (Å²) in [5, 5.41) is 4.24. The van der Waals surface area contributed by atoms with E-state index in [9.17, 15) is 9.59 Å². The molecule has 0 saturated carbocycles. The lowest BCUT2D eigenvalue weighted by Crippen LogP contribution is -2.24. The molecule has 3 aromatic rings. The number of amides is 1. The van der Waals surface area contributed by atoms with Gasteiger partial charge in [0.05, 0.1) is 16.8 Å². The van der Waals surface area contributed by atoms with Crippen molar-refractivity contribution in [3.8, 4) is 11.5 Å². The van der Waals surface area contributed by atoms with E-state index in [-0.39, 0.29) is 12.5 Å². The first-order valence-corrected chi connectivity index (χ1v) is 9.89. The minimum Gasteiger partial charge on any atom is -0.483 e. The molecule has 0 fully saturated rings. The molecule has 0 bridgehead atoms. The smallest absolute Gasteiger partial charge is 0.345 e. The predicted octanol–water partition coefficient (Wildman–Crippen LogP) is 4.71. The number of carbonyl (C=O) groups is 2. The van der Waals surface area contributed by atoms with E-state index in [2.05, 4.69) is 10.5 Å². The van der Waals surface area contributed by atoms with Crippen molar-refractivity contribution >= 4 is 29.7 Å². The normalized spacial score (nSPS) is 10.7. The van der Waals surface area contributed by atoms with Gasteiger partial charge in [-0.05, 0) is 67.4 Å². The van der Waals surface area contributed by atoms with Crippen LogP contribution in [0.4, 0.5) is 0 Å². The van der Waals surface area contributed by atoms with Gasteiger partial charge >= 0.3 is 5.97 Å². The van der Waals surface area contributed by atoms with Gasteiger partial charge in [-0.15, -0.1) is 0 Å². The molecule has 0 saturated heterocycles. The number of hydrazone groups is 1. The fourth-order valence-electron chi connectivity index (χ4n) is 2.73. The van der Waals surface area contributed by atoms with Gasteiger partial charge in [0.2, 0.25) is 0 Å². The standard InChI is InChI=1S/C24H21ClN2O4/c1-16-7-12-22(17(2)13-16)30-15-23(28)27-26-14-18-8-10-19(11-9-18)31-24(29)20-5-3-4-6-21(20)25/h3-14H,15H2,1-2H3,(H,27,28)/b26-14+. The molecule has 158 valence electrons. The van der Waals surface area contributed by atoms with Gasteiger partial charge < -0.3 is 9.47 Å². The van der Waals surface area contributed by atoms with Crippen LogP contribution < -0.4 is 14.9 Å². The summed E-state index contributed by atoms with van der Waals surface area (Å²) < 4.78 is 10.8. The van der Waals surface area contributed by atoms with Gasteiger partial charge in [0.15, 0.2) is 6.61 Å². The third kappa shape index (κ3) is 6.42. The van der Waals surface area contributed by atoms with Crippen molar-refractivity contribution in [2.75, 3.05) is 6.61 Å². The zero-order valence-electron chi connectivity index (χ0n) is 17.1. The van der Waals surface area contributed by atoms with Crippen molar-refractivity contribution in [3.63, 3.8) is 0 Å². The second-order valence-electron chi connectivity index (χ2n) is 6.79. The van der Waals surface area contributed by atoms with Gasteiger partial charge in [-0.25, -0.2) is 10.2 Å². The van der Waals surface area contributed by atoms with E-state index in [4.69, 9.17) is 21.1 Å². The van der Waals surface area contributed by atoms with Crippen LogP contribution >= 0.6 is 11.6 Å². The molecular weight excluding hydrogens is 416 g/mol. The SMILES string of the molecule is Cc1ccc(OCC(=O)N/N=C/c2ccc(OC(=O)c3ccccc3Cl)cc2)c(C)c1. The molecular formula is C24H21ClN2O4. The van der Waals surface area contributed by atoms with Crippen LogP contribution in [-0.4, -0.2) is 24.7 Å². The third-order valence-corrected chi connectivity index (χ3v) is 4.61. The van der Waals surface area contributed by atoms with Gasteiger partial charge in [0.1, 0.15) is 11.5 Å². The first-order chi connectivity index (χ1) is 14.9. The number of rotatable bonds is 7. The molecule has 1 amide bonds. The second kappa shape index (κ2) is 10.4. The Labute approximate surface area is 185 Å². The fourth-order valence-corrected chi connectivity index (χ4v) is 2.94. The molecule has 0 aliphatic carbocycles. The maximum absolute atomic E-state index is 12.2. The Bertz CT molecular complexity index is 1110. The van der Waals surface area contributed by atoms with E-state index in [0.717, 1.165) is 11.1 Å². The van der Waals surface area contributed by atoms with E-state index in [1.165, 1.54) is 6.21 Å². The first kappa shape index (κ1) is 22.1. The molecule has 7 heteroatoms. The number of carbonyl (C=O) groups excluding carboxylic acids is 2. The molecule has 31 heavy (non-hydrogen) atoms. The Morgan fingerprint density at radius 3 is 2.48 bits per heavy atom. The number of benzene rings is 3. The lowest BCUT2D eigenvalue weighted by atomic mass is 10.1. The van der Waals surface area contributed by atoms with Crippen LogP contribution in [0.3, 0.4) is 0 Å².